The quantitative estimate of drug-likeness (QED) is 0.579. The zero-order chi connectivity index (χ0) is 22.4. The Morgan fingerprint density at radius 3 is 2.52 bits per heavy atom. The van der Waals surface area contributed by atoms with Crippen molar-refractivity contribution in [3.05, 3.63) is 82.4 Å². The topological polar surface area (TPSA) is 73.2 Å². The molecule has 3 rings (SSSR count). The monoisotopic (exact) mass is 435 g/mol. The van der Waals surface area contributed by atoms with Crippen LogP contribution in [-0.2, 0) is 17.5 Å². The van der Waals surface area contributed by atoms with E-state index in [-0.39, 0.29) is 24.4 Å². The summed E-state index contributed by atoms with van der Waals surface area (Å²) in [7, 11) is 0. The second kappa shape index (κ2) is 9.41. The van der Waals surface area contributed by atoms with Crippen molar-refractivity contribution < 1.29 is 27.1 Å². The molecule has 3 aromatic rings. The van der Waals surface area contributed by atoms with Crippen LogP contribution >= 0.6 is 0 Å². The lowest BCUT2D eigenvalue weighted by Crippen LogP contribution is -2.34. The van der Waals surface area contributed by atoms with Gasteiger partial charge in [-0.2, -0.15) is 18.3 Å². The summed E-state index contributed by atoms with van der Waals surface area (Å²) in [6, 6.07) is 12.6. The Balaban J connectivity index is 1.53. The lowest BCUT2D eigenvalue weighted by molar-refractivity contribution is -0.137. The zero-order valence-electron chi connectivity index (χ0n) is 16.0. The van der Waals surface area contributed by atoms with E-state index in [1.54, 1.807) is 0 Å². The van der Waals surface area contributed by atoms with Crippen LogP contribution in [0.3, 0.4) is 0 Å². The number of amides is 1. The number of benzene rings is 2. The zero-order valence-corrected chi connectivity index (χ0v) is 16.0. The maximum atomic E-state index is 13.1. The normalized spacial score (nSPS) is 11.2. The number of nitrogens with zero attached hydrogens (tertiary/aromatic N) is 2. The fourth-order valence-electron chi connectivity index (χ4n) is 2.65. The molecule has 1 heterocycles. The number of halogens is 4. The van der Waals surface area contributed by atoms with Gasteiger partial charge < -0.3 is 10.1 Å². The molecule has 1 amide bonds. The average molecular weight is 435 g/mol. The van der Waals surface area contributed by atoms with E-state index in [9.17, 15) is 27.2 Å². The largest absolute Gasteiger partial charge is 0.484 e. The highest BCUT2D eigenvalue weighted by Gasteiger charge is 2.30. The van der Waals surface area contributed by atoms with Crippen LogP contribution in [0.1, 0.15) is 5.56 Å². The van der Waals surface area contributed by atoms with Crippen molar-refractivity contribution in [1.82, 2.24) is 15.1 Å². The minimum absolute atomic E-state index is 0.0462. The first-order valence-corrected chi connectivity index (χ1v) is 9.13. The first-order chi connectivity index (χ1) is 14.7. The summed E-state index contributed by atoms with van der Waals surface area (Å²) in [5, 5.41) is 6.69. The third kappa shape index (κ3) is 6.14. The molecule has 6 nitrogen and oxygen atoms in total. The van der Waals surface area contributed by atoms with Gasteiger partial charge in [-0.3, -0.25) is 9.59 Å². The Kier molecular flexibility index (Phi) is 6.68. The minimum Gasteiger partial charge on any atom is -0.484 e. The molecular weight excluding hydrogens is 418 g/mol. The predicted octanol–water partition coefficient (Wildman–Crippen LogP) is 3.26. The van der Waals surface area contributed by atoms with Crippen molar-refractivity contribution in [2.45, 2.75) is 12.7 Å². The van der Waals surface area contributed by atoms with E-state index in [0.717, 1.165) is 16.8 Å². The molecule has 0 saturated heterocycles. The molecule has 0 aliphatic carbocycles. The Morgan fingerprint density at radius 1 is 1.06 bits per heavy atom. The Bertz CT molecular complexity index is 1110. The van der Waals surface area contributed by atoms with Gasteiger partial charge in [0.1, 0.15) is 11.6 Å². The highest BCUT2D eigenvalue weighted by Crippen LogP contribution is 2.31. The first-order valence-electron chi connectivity index (χ1n) is 9.13. The third-order valence-electron chi connectivity index (χ3n) is 4.18. The number of hydrogen-bond acceptors (Lipinski definition) is 4. The molecular formula is C21H17F4N3O3. The molecule has 10 heteroatoms. The van der Waals surface area contributed by atoms with Crippen molar-refractivity contribution in [2.75, 3.05) is 13.2 Å². The number of nitrogens with one attached hydrogen (secondary N) is 1. The van der Waals surface area contributed by atoms with Gasteiger partial charge in [-0.15, -0.1) is 0 Å². The van der Waals surface area contributed by atoms with Crippen LogP contribution in [0.5, 0.6) is 5.75 Å². The summed E-state index contributed by atoms with van der Waals surface area (Å²) in [5.74, 6) is -1.05. The van der Waals surface area contributed by atoms with Crippen LogP contribution in [0.4, 0.5) is 17.6 Å². The van der Waals surface area contributed by atoms with Crippen LogP contribution in [0.15, 0.2) is 65.5 Å². The lowest BCUT2D eigenvalue weighted by atomic mass is 10.1. The second-order valence-electron chi connectivity index (χ2n) is 6.45. The molecule has 0 fully saturated rings. The van der Waals surface area contributed by atoms with Gasteiger partial charge in [-0.05, 0) is 48.5 Å². The number of carbonyl (C=O) groups excluding carboxylic acids is 1. The van der Waals surface area contributed by atoms with Gasteiger partial charge in [0.05, 0.1) is 17.8 Å². The molecule has 1 aromatic heterocycles. The van der Waals surface area contributed by atoms with Crippen LogP contribution in [0, 0.1) is 5.82 Å². The van der Waals surface area contributed by atoms with E-state index >= 15 is 0 Å². The van der Waals surface area contributed by atoms with Gasteiger partial charge in [-0.1, -0.05) is 6.07 Å². The van der Waals surface area contributed by atoms with Crippen molar-refractivity contribution in [2.24, 2.45) is 0 Å². The number of alkyl halides is 3. The summed E-state index contributed by atoms with van der Waals surface area (Å²) in [6.07, 6.45) is -4.51. The molecule has 0 saturated carbocycles. The van der Waals surface area contributed by atoms with E-state index in [1.807, 2.05) is 0 Å². The Morgan fingerprint density at radius 2 is 1.81 bits per heavy atom. The van der Waals surface area contributed by atoms with Gasteiger partial charge in [-0.25, -0.2) is 9.07 Å². The van der Waals surface area contributed by atoms with Crippen LogP contribution in [0.25, 0.3) is 11.3 Å². The van der Waals surface area contributed by atoms with Crippen molar-refractivity contribution >= 4 is 5.91 Å². The van der Waals surface area contributed by atoms with Gasteiger partial charge in [0.2, 0.25) is 0 Å². The van der Waals surface area contributed by atoms with E-state index in [4.69, 9.17) is 4.74 Å². The molecule has 0 aliphatic rings. The summed E-state index contributed by atoms with van der Waals surface area (Å²) >= 11 is 0. The van der Waals surface area contributed by atoms with Gasteiger partial charge in [0.15, 0.2) is 6.61 Å². The third-order valence-corrected chi connectivity index (χ3v) is 4.18. The summed E-state index contributed by atoms with van der Waals surface area (Å²) in [5.41, 5.74) is -0.190. The summed E-state index contributed by atoms with van der Waals surface area (Å²) < 4.78 is 57.4. The highest BCUT2D eigenvalue weighted by molar-refractivity contribution is 5.77. The van der Waals surface area contributed by atoms with Crippen molar-refractivity contribution in [3.63, 3.8) is 0 Å². The molecule has 0 aliphatic heterocycles. The highest BCUT2D eigenvalue weighted by atomic mass is 19.4. The van der Waals surface area contributed by atoms with Gasteiger partial charge >= 0.3 is 6.18 Å². The smallest absolute Gasteiger partial charge is 0.416 e. The first kappa shape index (κ1) is 22.0. The molecule has 0 atom stereocenters. The van der Waals surface area contributed by atoms with Crippen LogP contribution in [-0.4, -0.2) is 28.8 Å². The van der Waals surface area contributed by atoms with Crippen LogP contribution < -0.4 is 15.6 Å². The molecule has 0 spiro atoms. The molecule has 2 aromatic carbocycles. The second-order valence-corrected chi connectivity index (χ2v) is 6.45. The molecule has 31 heavy (non-hydrogen) atoms. The van der Waals surface area contributed by atoms with Gasteiger partial charge in [0, 0.05) is 18.2 Å². The fourth-order valence-corrected chi connectivity index (χ4v) is 2.65. The summed E-state index contributed by atoms with van der Waals surface area (Å²) in [4.78, 5) is 23.9. The van der Waals surface area contributed by atoms with E-state index in [1.165, 1.54) is 48.5 Å². The van der Waals surface area contributed by atoms with Crippen molar-refractivity contribution in [1.29, 1.82) is 0 Å². The molecule has 0 bridgehead atoms. The average Bonchev–Trinajstić information content (AvgIpc) is 2.74. The van der Waals surface area contributed by atoms with E-state index in [0.29, 0.717) is 11.3 Å². The minimum atomic E-state index is -4.51. The van der Waals surface area contributed by atoms with E-state index < -0.39 is 30.1 Å². The number of aromatic nitrogens is 2. The maximum Gasteiger partial charge on any atom is 0.416 e. The maximum absolute atomic E-state index is 13.1. The molecule has 0 unspecified atom stereocenters. The molecule has 1 N–H and O–H groups in total. The Labute approximate surface area is 174 Å². The number of ether oxygens (including phenoxy) is 1. The standard InChI is InChI=1S/C21H17F4N3O3/c22-16-6-4-14(5-7-16)18-8-9-20(30)28(27-18)11-10-26-19(29)13-31-17-3-1-2-15(12-17)21(23,24)25/h1-9,12H,10-11,13H2,(H,26,29). The SMILES string of the molecule is O=C(COc1cccc(C(F)(F)F)c1)NCCn1nc(-c2ccc(F)cc2)ccc1=O. The van der Waals surface area contributed by atoms with Crippen LogP contribution in [0.2, 0.25) is 0 Å². The fraction of sp³-hybridized carbons (Fsp3) is 0.190. The number of hydrogen-bond donors (Lipinski definition) is 1. The summed E-state index contributed by atoms with van der Waals surface area (Å²) in [6.45, 7) is -0.382. The van der Waals surface area contributed by atoms with Crippen molar-refractivity contribution in [3.8, 4) is 17.0 Å². The Hall–Kier alpha value is -3.69. The molecule has 0 radical (unpaired) electrons. The lowest BCUT2D eigenvalue weighted by Gasteiger charge is -2.11. The van der Waals surface area contributed by atoms with E-state index in [2.05, 4.69) is 10.4 Å². The van der Waals surface area contributed by atoms with Gasteiger partial charge in [0.25, 0.3) is 11.5 Å². The number of rotatable bonds is 7. The molecule has 162 valence electrons. The predicted molar refractivity (Wildman–Crippen MR) is 104 cm³/mol. The number of carbonyl (C=O) groups is 1.